The van der Waals surface area contributed by atoms with Crippen LogP contribution >= 0.6 is 0 Å². The highest BCUT2D eigenvalue weighted by atomic mass is 16.7. The van der Waals surface area contributed by atoms with Crippen molar-refractivity contribution in [3.63, 3.8) is 0 Å². The maximum atomic E-state index is 13.3. The van der Waals surface area contributed by atoms with Crippen LogP contribution in [0, 0.1) is 11.3 Å². The van der Waals surface area contributed by atoms with Gasteiger partial charge in [-0.05, 0) is 44.9 Å². The molecule has 0 aromatic carbocycles. The van der Waals surface area contributed by atoms with Gasteiger partial charge in [-0.2, -0.15) is 0 Å². The van der Waals surface area contributed by atoms with E-state index in [0.29, 0.717) is 6.42 Å². The third-order valence-corrected chi connectivity index (χ3v) is 10.2. The van der Waals surface area contributed by atoms with Gasteiger partial charge in [-0.25, -0.2) is 4.79 Å². The minimum absolute atomic E-state index is 0.0220. The zero-order valence-corrected chi connectivity index (χ0v) is 28.5. The van der Waals surface area contributed by atoms with Gasteiger partial charge in [0.15, 0.2) is 17.3 Å². The number of fused-ring (bicyclic) bond motifs is 1. The molecular weight excluding hydrogens is 616 g/mol. The molecule has 2 aliphatic heterocycles. The minimum Gasteiger partial charge on any atom is -0.461 e. The van der Waals surface area contributed by atoms with E-state index in [-0.39, 0.29) is 12.0 Å². The van der Waals surface area contributed by atoms with Crippen molar-refractivity contribution in [3.8, 4) is 0 Å². The minimum atomic E-state index is -2.38. The molecule has 4 rings (SSSR count). The molecule has 47 heavy (non-hydrogen) atoms. The summed E-state index contributed by atoms with van der Waals surface area (Å²) in [5.74, 6) is -7.42. The van der Waals surface area contributed by atoms with Crippen molar-refractivity contribution in [1.29, 1.82) is 0 Å². The molecule has 2 aliphatic carbocycles. The second-order valence-corrected chi connectivity index (χ2v) is 13.8. The van der Waals surface area contributed by atoms with Crippen molar-refractivity contribution in [2.75, 3.05) is 0 Å². The van der Waals surface area contributed by atoms with E-state index in [0.717, 1.165) is 39.5 Å². The highest BCUT2D eigenvalue weighted by molar-refractivity contribution is 5.89. The van der Waals surface area contributed by atoms with E-state index in [1.807, 2.05) is 0 Å². The van der Waals surface area contributed by atoms with Gasteiger partial charge < -0.3 is 38.6 Å². The second-order valence-electron chi connectivity index (χ2n) is 13.8. The first-order valence-electron chi connectivity index (χ1n) is 16.3. The van der Waals surface area contributed by atoms with E-state index < -0.39 is 94.6 Å². The Morgan fingerprint density at radius 3 is 2.13 bits per heavy atom. The lowest BCUT2D eigenvalue weighted by Crippen LogP contribution is -2.67. The summed E-state index contributed by atoms with van der Waals surface area (Å²) in [6, 6.07) is 0. The van der Waals surface area contributed by atoms with Gasteiger partial charge in [0.2, 0.25) is 5.79 Å². The summed E-state index contributed by atoms with van der Waals surface area (Å²) in [5, 5.41) is 24.5. The van der Waals surface area contributed by atoms with Crippen LogP contribution in [0.4, 0.5) is 0 Å². The fraction of sp³-hybridized carbons (Fsp3) is 0.735. The predicted octanol–water partition coefficient (Wildman–Crippen LogP) is 3.12. The number of esters is 5. The SMILES string of the molecule is CCCCCCCC(=O)O[C@@]1(O)C[C@H](OC(C)=O)[C@]2(C)C=C[C@@H](OC(C)=O)[C@@](C)(O)[C@@H]2[C@@H](OC(C)=O)[C@@]23O[C@@]2(C)C(=O)O[C@H]3/C=C\1C. The first-order chi connectivity index (χ1) is 21.8. The molecule has 0 aromatic heterocycles. The van der Waals surface area contributed by atoms with Crippen LogP contribution in [-0.2, 0) is 52.4 Å². The number of carbonyl (C=O) groups excluding carboxylic acids is 5. The van der Waals surface area contributed by atoms with Gasteiger partial charge in [0.25, 0.3) is 0 Å². The molecule has 2 heterocycles. The number of epoxide rings is 1. The molecule has 13 nitrogen and oxygen atoms in total. The fourth-order valence-corrected chi connectivity index (χ4v) is 7.66. The van der Waals surface area contributed by atoms with E-state index in [2.05, 4.69) is 6.92 Å². The van der Waals surface area contributed by atoms with Gasteiger partial charge >= 0.3 is 29.8 Å². The van der Waals surface area contributed by atoms with Crippen molar-refractivity contribution in [2.45, 2.75) is 147 Å². The Balaban J connectivity index is 1.93. The maximum Gasteiger partial charge on any atom is 0.342 e. The zero-order valence-electron chi connectivity index (χ0n) is 28.5. The van der Waals surface area contributed by atoms with Gasteiger partial charge in [0.1, 0.15) is 23.9 Å². The Morgan fingerprint density at radius 1 is 0.936 bits per heavy atom. The largest absolute Gasteiger partial charge is 0.461 e. The maximum absolute atomic E-state index is 13.3. The third-order valence-electron chi connectivity index (χ3n) is 10.2. The molecular formula is C34H48O13. The molecule has 10 atom stereocenters. The number of hydrogen-bond donors (Lipinski definition) is 2. The van der Waals surface area contributed by atoms with Gasteiger partial charge in [0.05, 0.1) is 6.42 Å². The van der Waals surface area contributed by atoms with Gasteiger partial charge in [0, 0.05) is 38.5 Å². The molecule has 0 unspecified atom stereocenters. The third kappa shape index (κ3) is 6.46. The number of unbranched alkanes of at least 4 members (excludes halogenated alkanes) is 4. The highest BCUT2D eigenvalue weighted by Crippen LogP contribution is 2.65. The topological polar surface area (TPSA) is 184 Å². The van der Waals surface area contributed by atoms with Crippen LogP contribution in [0.3, 0.4) is 0 Å². The summed E-state index contributed by atoms with van der Waals surface area (Å²) in [5.41, 5.74) is -6.95. The van der Waals surface area contributed by atoms with Crippen molar-refractivity contribution in [1.82, 2.24) is 0 Å². The molecule has 262 valence electrons. The molecule has 0 aromatic rings. The second kappa shape index (κ2) is 13.0. The summed E-state index contributed by atoms with van der Waals surface area (Å²) in [6.45, 7) is 11.5. The summed E-state index contributed by atoms with van der Waals surface area (Å²) in [4.78, 5) is 64.0. The molecule has 2 N–H and O–H groups in total. The first-order valence-corrected chi connectivity index (χ1v) is 16.3. The number of aliphatic hydroxyl groups is 2. The molecule has 0 saturated carbocycles. The standard InChI is InChI=1S/C34H48O13/c1-9-10-11-12-13-14-26(38)46-33(41)18-25(43-21(4)36)30(6)16-15-23(42-20(3)35)31(7,40)27(30)28(44-22(5)37)34-24(17-19(33)2)45-29(39)32(34,8)47-34/h15-17,23-25,27-28,40-41H,9-14,18H2,1-8H3/b19-17-/t23-,24+,25+,27-,28-,30+,31-,32+,33+,34-/m1/s1. The smallest absolute Gasteiger partial charge is 0.342 e. The molecule has 4 aliphatic rings. The van der Waals surface area contributed by atoms with Crippen LogP contribution < -0.4 is 0 Å². The summed E-state index contributed by atoms with van der Waals surface area (Å²) in [6.07, 6.45) is 2.81. The number of carbonyl (C=O) groups is 5. The van der Waals surface area contributed by atoms with Crippen LogP contribution in [0.2, 0.25) is 0 Å². The van der Waals surface area contributed by atoms with E-state index in [1.54, 1.807) is 13.0 Å². The number of rotatable bonds is 10. The van der Waals surface area contributed by atoms with E-state index in [4.69, 9.17) is 28.4 Å². The predicted molar refractivity (Wildman–Crippen MR) is 163 cm³/mol. The van der Waals surface area contributed by atoms with Crippen molar-refractivity contribution in [2.24, 2.45) is 11.3 Å². The molecule has 2 saturated heterocycles. The normalized spacial score (nSPS) is 41.5. The molecule has 0 amide bonds. The Hall–Kier alpha value is -3.29. The Labute approximate surface area is 274 Å². The van der Waals surface area contributed by atoms with E-state index in [1.165, 1.54) is 39.8 Å². The summed E-state index contributed by atoms with van der Waals surface area (Å²) in [7, 11) is 0. The van der Waals surface area contributed by atoms with Crippen LogP contribution in [0.5, 0.6) is 0 Å². The molecule has 0 bridgehead atoms. The zero-order chi connectivity index (χ0) is 35.2. The Morgan fingerprint density at radius 2 is 1.55 bits per heavy atom. The Bertz CT molecular complexity index is 1350. The lowest BCUT2D eigenvalue weighted by Gasteiger charge is -2.55. The summed E-state index contributed by atoms with van der Waals surface area (Å²) < 4.78 is 34.9. The molecule has 1 spiro atoms. The van der Waals surface area contributed by atoms with Crippen LogP contribution in [-0.4, -0.2) is 87.1 Å². The van der Waals surface area contributed by atoms with Gasteiger partial charge in [-0.3, -0.25) is 19.2 Å². The number of ether oxygens (including phenoxy) is 6. The molecule has 0 radical (unpaired) electrons. The average molecular weight is 665 g/mol. The van der Waals surface area contributed by atoms with Crippen LogP contribution in [0.1, 0.15) is 100 Å². The highest BCUT2D eigenvalue weighted by Gasteiger charge is 2.88. The van der Waals surface area contributed by atoms with Crippen molar-refractivity contribution >= 4 is 29.8 Å². The lowest BCUT2D eigenvalue weighted by molar-refractivity contribution is -0.237. The Kier molecular flexibility index (Phi) is 10.1. The molecule has 2 fully saturated rings. The monoisotopic (exact) mass is 664 g/mol. The average Bonchev–Trinajstić information content (AvgIpc) is 3.53. The van der Waals surface area contributed by atoms with E-state index in [9.17, 15) is 34.2 Å². The van der Waals surface area contributed by atoms with Gasteiger partial charge in [-0.1, -0.05) is 45.6 Å². The molecule has 13 heteroatoms. The van der Waals surface area contributed by atoms with Crippen LogP contribution in [0.15, 0.2) is 23.8 Å². The lowest BCUT2D eigenvalue weighted by atomic mass is 9.55. The summed E-state index contributed by atoms with van der Waals surface area (Å²) >= 11 is 0. The first kappa shape index (κ1) is 36.5. The van der Waals surface area contributed by atoms with Crippen LogP contribution in [0.25, 0.3) is 0 Å². The van der Waals surface area contributed by atoms with Crippen molar-refractivity contribution < 1.29 is 62.6 Å². The fourth-order valence-electron chi connectivity index (χ4n) is 7.66. The number of hydrogen-bond acceptors (Lipinski definition) is 13. The quantitative estimate of drug-likeness (QED) is 0.0868. The van der Waals surface area contributed by atoms with Gasteiger partial charge in [-0.15, -0.1) is 0 Å². The van der Waals surface area contributed by atoms with Crippen molar-refractivity contribution in [3.05, 3.63) is 23.8 Å². The van der Waals surface area contributed by atoms with E-state index >= 15 is 0 Å².